The van der Waals surface area contributed by atoms with Crippen LogP contribution < -0.4 is 15.4 Å². The van der Waals surface area contributed by atoms with Gasteiger partial charge in [0.05, 0.1) is 41.8 Å². The molecular weight excluding hydrogens is 506 g/mol. The average molecular weight is 532 g/mol. The van der Waals surface area contributed by atoms with Crippen LogP contribution in [0.3, 0.4) is 0 Å². The van der Waals surface area contributed by atoms with Crippen LogP contribution in [0.15, 0.2) is 47.6 Å². The summed E-state index contributed by atoms with van der Waals surface area (Å²) in [6, 6.07) is 11.3. The van der Waals surface area contributed by atoms with Crippen LogP contribution in [0.1, 0.15) is 40.4 Å². The lowest BCUT2D eigenvalue weighted by molar-refractivity contribution is -0.113. The molecule has 0 aliphatic heterocycles. The first kappa shape index (κ1) is 27.0. The first-order chi connectivity index (χ1) is 17.2. The number of esters is 1. The van der Waals surface area contributed by atoms with E-state index in [-0.39, 0.29) is 35.8 Å². The molecule has 2 amide bonds. The summed E-state index contributed by atoms with van der Waals surface area (Å²) in [6.45, 7) is 3.66. The molecule has 0 atom stereocenters. The first-order valence-electron chi connectivity index (χ1n) is 10.9. The maximum atomic E-state index is 12.5. The molecule has 3 aromatic rings. The van der Waals surface area contributed by atoms with Crippen molar-refractivity contribution >= 4 is 46.8 Å². The number of benzene rings is 2. The van der Waals surface area contributed by atoms with E-state index in [1.54, 1.807) is 56.8 Å². The maximum absolute atomic E-state index is 12.5. The number of nitrogens with zero attached hydrogens (tertiary/aromatic N) is 3. The number of methoxy groups -OCH3 is 1. The molecule has 3 rings (SSSR count). The molecule has 10 nitrogen and oxygen atoms in total. The van der Waals surface area contributed by atoms with Crippen molar-refractivity contribution in [2.75, 3.05) is 18.2 Å². The molecular formula is C24H26ClN5O5S. The number of aromatic nitrogens is 3. The molecule has 1 heterocycles. The van der Waals surface area contributed by atoms with Crippen LogP contribution in [0.5, 0.6) is 5.75 Å². The topological polar surface area (TPSA) is 124 Å². The van der Waals surface area contributed by atoms with Gasteiger partial charge in [-0.1, -0.05) is 23.4 Å². The van der Waals surface area contributed by atoms with Crippen molar-refractivity contribution in [1.82, 2.24) is 20.1 Å². The van der Waals surface area contributed by atoms with Crippen molar-refractivity contribution < 1.29 is 23.9 Å². The Hall–Kier alpha value is -3.57. The van der Waals surface area contributed by atoms with Crippen LogP contribution in [0, 0.1) is 0 Å². The van der Waals surface area contributed by atoms with E-state index < -0.39 is 5.97 Å². The lowest BCUT2D eigenvalue weighted by Crippen LogP contribution is -2.24. The number of carbonyl (C=O) groups excluding carboxylic acids is 3. The van der Waals surface area contributed by atoms with Gasteiger partial charge >= 0.3 is 5.97 Å². The van der Waals surface area contributed by atoms with E-state index in [2.05, 4.69) is 20.8 Å². The number of carbonyl (C=O) groups is 3. The Morgan fingerprint density at radius 2 is 1.78 bits per heavy atom. The van der Waals surface area contributed by atoms with Crippen LogP contribution >= 0.6 is 23.4 Å². The molecule has 0 fully saturated rings. The summed E-state index contributed by atoms with van der Waals surface area (Å²) in [5, 5.41) is 14.5. The number of amides is 2. The number of hydrogen-bond donors (Lipinski definition) is 2. The highest BCUT2D eigenvalue weighted by Gasteiger charge is 2.16. The molecule has 190 valence electrons. The molecule has 0 radical (unpaired) electrons. The fraction of sp³-hybridized carbons (Fsp3) is 0.292. The minimum atomic E-state index is -0.503. The summed E-state index contributed by atoms with van der Waals surface area (Å²) in [7, 11) is 3.30. The average Bonchev–Trinajstić information content (AvgIpc) is 3.21. The van der Waals surface area contributed by atoms with E-state index in [1.165, 1.54) is 30.0 Å². The van der Waals surface area contributed by atoms with Crippen molar-refractivity contribution in [3.8, 4) is 5.75 Å². The van der Waals surface area contributed by atoms with Gasteiger partial charge in [0.25, 0.3) is 5.91 Å². The van der Waals surface area contributed by atoms with Crippen molar-refractivity contribution in [2.24, 2.45) is 7.05 Å². The molecule has 0 spiro atoms. The third-order valence-corrected chi connectivity index (χ3v) is 6.19. The number of rotatable bonds is 10. The second-order valence-corrected chi connectivity index (χ2v) is 9.20. The van der Waals surface area contributed by atoms with Gasteiger partial charge in [-0.25, -0.2) is 4.79 Å². The lowest BCUT2D eigenvalue weighted by Gasteiger charge is -2.11. The Labute approximate surface area is 217 Å². The van der Waals surface area contributed by atoms with E-state index in [1.807, 2.05) is 0 Å². The first-order valence-corrected chi connectivity index (χ1v) is 12.3. The molecule has 1 aromatic heterocycles. The zero-order valence-corrected chi connectivity index (χ0v) is 21.8. The van der Waals surface area contributed by atoms with Gasteiger partial charge in [-0.2, -0.15) is 0 Å². The predicted molar refractivity (Wildman–Crippen MR) is 137 cm³/mol. The van der Waals surface area contributed by atoms with E-state index in [4.69, 9.17) is 21.1 Å². The van der Waals surface area contributed by atoms with Crippen LogP contribution in [-0.4, -0.2) is 51.5 Å². The zero-order valence-electron chi connectivity index (χ0n) is 20.2. The van der Waals surface area contributed by atoms with Crippen LogP contribution in [0.25, 0.3) is 0 Å². The minimum Gasteiger partial charge on any atom is -0.497 e. The Bertz CT molecular complexity index is 1250. The molecule has 0 saturated heterocycles. The SMILES string of the molecule is COc1ccc(C(=O)NCc2nnc(SCC(=O)Nc3cc(C(=O)OC(C)C)ccc3Cl)n2C)cc1. The van der Waals surface area contributed by atoms with Crippen LogP contribution in [0.2, 0.25) is 5.02 Å². The number of anilines is 1. The summed E-state index contributed by atoms with van der Waals surface area (Å²) in [4.78, 5) is 37.0. The van der Waals surface area contributed by atoms with Gasteiger partial charge in [0, 0.05) is 12.6 Å². The predicted octanol–water partition coefficient (Wildman–Crippen LogP) is 3.70. The number of hydrogen-bond acceptors (Lipinski definition) is 8. The molecule has 2 aromatic carbocycles. The Kier molecular flexibility index (Phi) is 9.31. The molecule has 0 aliphatic carbocycles. The summed E-state index contributed by atoms with van der Waals surface area (Å²) in [5.41, 5.74) is 1.08. The summed E-state index contributed by atoms with van der Waals surface area (Å²) in [6.07, 6.45) is -0.269. The quantitative estimate of drug-likeness (QED) is 0.300. The number of halogens is 1. The largest absolute Gasteiger partial charge is 0.497 e. The molecule has 0 unspecified atom stereocenters. The minimum absolute atomic E-state index is 0.0289. The highest BCUT2D eigenvalue weighted by atomic mass is 35.5. The molecule has 0 saturated carbocycles. The Balaban J connectivity index is 1.54. The smallest absolute Gasteiger partial charge is 0.338 e. The van der Waals surface area contributed by atoms with Crippen LogP contribution in [0.4, 0.5) is 5.69 Å². The Morgan fingerprint density at radius 3 is 2.44 bits per heavy atom. The van der Waals surface area contributed by atoms with Crippen molar-refractivity contribution in [3.05, 3.63) is 64.4 Å². The zero-order chi connectivity index (χ0) is 26.2. The Morgan fingerprint density at radius 1 is 1.08 bits per heavy atom. The van der Waals surface area contributed by atoms with Gasteiger partial charge in [-0.15, -0.1) is 10.2 Å². The molecule has 0 aliphatic rings. The highest BCUT2D eigenvalue weighted by molar-refractivity contribution is 7.99. The van der Waals surface area contributed by atoms with Gasteiger partial charge in [-0.05, 0) is 56.3 Å². The summed E-state index contributed by atoms with van der Waals surface area (Å²) in [5.74, 6) is 0.117. The molecule has 12 heteroatoms. The van der Waals surface area contributed by atoms with Crippen LogP contribution in [-0.2, 0) is 23.1 Å². The third kappa shape index (κ3) is 7.22. The fourth-order valence-electron chi connectivity index (χ4n) is 2.98. The van der Waals surface area contributed by atoms with Gasteiger partial charge in [0.15, 0.2) is 11.0 Å². The van der Waals surface area contributed by atoms with Gasteiger partial charge in [-0.3, -0.25) is 9.59 Å². The molecule has 2 N–H and O–H groups in total. The van der Waals surface area contributed by atoms with E-state index in [0.29, 0.717) is 33.0 Å². The number of nitrogens with one attached hydrogen (secondary N) is 2. The summed E-state index contributed by atoms with van der Waals surface area (Å²) < 4.78 is 12.0. The van der Waals surface area contributed by atoms with Crippen molar-refractivity contribution in [3.63, 3.8) is 0 Å². The maximum Gasteiger partial charge on any atom is 0.338 e. The standard InChI is InChI=1S/C24H26ClN5O5S/c1-14(2)35-23(33)16-7-10-18(25)19(11-16)27-21(31)13-36-24-29-28-20(30(24)3)12-26-22(32)15-5-8-17(34-4)9-6-15/h5-11,14H,12-13H2,1-4H3,(H,26,32)(H,27,31). The second kappa shape index (κ2) is 12.4. The van der Waals surface area contributed by atoms with Crippen molar-refractivity contribution in [1.29, 1.82) is 0 Å². The molecule has 36 heavy (non-hydrogen) atoms. The number of thioether (sulfide) groups is 1. The lowest BCUT2D eigenvalue weighted by atomic mass is 10.2. The third-order valence-electron chi connectivity index (χ3n) is 4.84. The summed E-state index contributed by atoms with van der Waals surface area (Å²) >= 11 is 7.35. The monoisotopic (exact) mass is 531 g/mol. The number of ether oxygens (including phenoxy) is 2. The van der Waals surface area contributed by atoms with Crippen molar-refractivity contribution in [2.45, 2.75) is 31.7 Å². The second-order valence-electron chi connectivity index (χ2n) is 7.85. The van der Waals surface area contributed by atoms with E-state index >= 15 is 0 Å². The van der Waals surface area contributed by atoms with E-state index in [9.17, 15) is 14.4 Å². The van der Waals surface area contributed by atoms with Gasteiger partial charge in [0.2, 0.25) is 5.91 Å². The highest BCUT2D eigenvalue weighted by Crippen LogP contribution is 2.25. The van der Waals surface area contributed by atoms with Gasteiger partial charge < -0.3 is 24.7 Å². The normalized spacial score (nSPS) is 10.7. The van der Waals surface area contributed by atoms with E-state index in [0.717, 1.165) is 0 Å². The fourth-order valence-corrected chi connectivity index (χ4v) is 3.87. The molecule has 0 bridgehead atoms. The van der Waals surface area contributed by atoms with Gasteiger partial charge in [0.1, 0.15) is 5.75 Å².